The summed E-state index contributed by atoms with van der Waals surface area (Å²) >= 11 is 0. The standard InChI is InChI=1S/C27H30N2O8/c1-16(28-26(31)24-25(30)22(36-5)14-15-29(24)33)27(32)37-17(2)23(18-6-10-20(34-3)11-7-18)19-8-12-21(35-4)13-9-19/h6-17,23H,1-5H3,(H2-,28,30,31,33)/p+1/t16-,17-/m0/s1. The Bertz CT molecular complexity index is 1180. The first-order valence-electron chi connectivity index (χ1n) is 11.5. The summed E-state index contributed by atoms with van der Waals surface area (Å²) < 4.78 is 21.7. The van der Waals surface area contributed by atoms with E-state index in [1.807, 2.05) is 48.5 Å². The zero-order valence-electron chi connectivity index (χ0n) is 21.3. The predicted octanol–water partition coefficient (Wildman–Crippen LogP) is 2.82. The van der Waals surface area contributed by atoms with Gasteiger partial charge in [-0.15, -0.1) is 0 Å². The van der Waals surface area contributed by atoms with Crippen LogP contribution in [-0.2, 0) is 9.53 Å². The molecular weight excluding hydrogens is 480 g/mol. The molecule has 3 rings (SSSR count). The molecule has 1 amide bonds. The highest BCUT2D eigenvalue weighted by molar-refractivity contribution is 5.96. The van der Waals surface area contributed by atoms with Gasteiger partial charge in [0.05, 0.1) is 27.4 Å². The van der Waals surface area contributed by atoms with Gasteiger partial charge in [-0.05, 0) is 49.2 Å². The number of benzene rings is 2. The van der Waals surface area contributed by atoms with Gasteiger partial charge >= 0.3 is 17.6 Å². The number of nitrogens with one attached hydrogen (secondary N) is 1. The van der Waals surface area contributed by atoms with Crippen molar-refractivity contribution in [2.45, 2.75) is 31.9 Å². The number of nitrogens with zero attached hydrogens (tertiary/aromatic N) is 1. The zero-order valence-corrected chi connectivity index (χ0v) is 21.3. The molecule has 0 saturated heterocycles. The van der Waals surface area contributed by atoms with Crippen LogP contribution in [0.1, 0.15) is 41.4 Å². The first-order valence-corrected chi connectivity index (χ1v) is 11.5. The van der Waals surface area contributed by atoms with Crippen LogP contribution in [0.4, 0.5) is 0 Å². The van der Waals surface area contributed by atoms with E-state index in [9.17, 15) is 19.9 Å². The van der Waals surface area contributed by atoms with Gasteiger partial charge in [-0.25, -0.2) is 4.79 Å². The highest BCUT2D eigenvalue weighted by Gasteiger charge is 2.33. The van der Waals surface area contributed by atoms with Crippen LogP contribution in [0, 0.1) is 0 Å². The number of amides is 1. The Hall–Kier alpha value is -4.47. The summed E-state index contributed by atoms with van der Waals surface area (Å²) in [6.07, 6.45) is 0.508. The van der Waals surface area contributed by atoms with Gasteiger partial charge in [-0.1, -0.05) is 24.3 Å². The minimum atomic E-state index is -1.09. The van der Waals surface area contributed by atoms with Crippen LogP contribution in [0.3, 0.4) is 0 Å². The molecule has 0 spiro atoms. The Morgan fingerprint density at radius 3 is 1.81 bits per heavy atom. The summed E-state index contributed by atoms with van der Waals surface area (Å²) in [4.78, 5) is 25.7. The van der Waals surface area contributed by atoms with Crippen molar-refractivity contribution in [3.05, 3.63) is 77.6 Å². The molecule has 2 atom stereocenters. The number of carbonyl (C=O) groups is 2. The fourth-order valence-corrected chi connectivity index (χ4v) is 3.93. The summed E-state index contributed by atoms with van der Waals surface area (Å²) in [5.41, 5.74) is 1.30. The molecule has 0 aliphatic carbocycles. The maximum atomic E-state index is 12.9. The smallest absolute Gasteiger partial charge is 0.366 e. The fraction of sp³-hybridized carbons (Fsp3) is 0.296. The quantitative estimate of drug-likeness (QED) is 0.215. The Balaban J connectivity index is 1.80. The number of pyridine rings is 1. The lowest BCUT2D eigenvalue weighted by atomic mass is 9.87. The summed E-state index contributed by atoms with van der Waals surface area (Å²) in [5, 5.41) is 22.7. The SMILES string of the molecule is COc1ccc(C(c2ccc(OC)cc2)[C@H](C)OC(=O)[C@H](C)NC(=O)c2c(O)c(OC)cc[n+]2O)cc1. The molecule has 10 heteroatoms. The minimum absolute atomic E-state index is 0.0128. The van der Waals surface area contributed by atoms with E-state index in [1.54, 1.807) is 21.1 Å². The van der Waals surface area contributed by atoms with Crippen LogP contribution in [0.15, 0.2) is 60.8 Å². The van der Waals surface area contributed by atoms with E-state index >= 15 is 0 Å². The van der Waals surface area contributed by atoms with Crippen LogP contribution in [0.2, 0.25) is 0 Å². The van der Waals surface area contributed by atoms with E-state index in [0.717, 1.165) is 17.3 Å². The number of methoxy groups -OCH3 is 3. The summed E-state index contributed by atoms with van der Waals surface area (Å²) in [6, 6.07) is 15.1. The second-order valence-electron chi connectivity index (χ2n) is 8.29. The van der Waals surface area contributed by atoms with Gasteiger partial charge in [-0.2, -0.15) is 0 Å². The van der Waals surface area contributed by atoms with Crippen molar-refractivity contribution >= 4 is 11.9 Å². The second-order valence-corrected chi connectivity index (χ2v) is 8.29. The number of esters is 1. The number of carbonyl (C=O) groups excluding carboxylic acids is 2. The first kappa shape index (κ1) is 27.1. The lowest BCUT2D eigenvalue weighted by molar-refractivity contribution is -0.906. The van der Waals surface area contributed by atoms with Crippen molar-refractivity contribution in [1.29, 1.82) is 0 Å². The topological polar surface area (TPSA) is 127 Å². The minimum Gasteiger partial charge on any atom is -0.499 e. The number of aromatic hydroxyl groups is 1. The zero-order chi connectivity index (χ0) is 27.1. The van der Waals surface area contributed by atoms with Gasteiger partial charge in [0, 0.05) is 10.6 Å². The molecule has 2 aromatic carbocycles. The van der Waals surface area contributed by atoms with Gasteiger partial charge in [0.2, 0.25) is 11.9 Å². The molecule has 0 unspecified atom stereocenters. The van der Waals surface area contributed by atoms with Crippen molar-refractivity contribution in [2.24, 2.45) is 0 Å². The first-order chi connectivity index (χ1) is 17.7. The Labute approximate surface area is 214 Å². The molecule has 10 nitrogen and oxygen atoms in total. The third kappa shape index (κ3) is 6.21. The second kappa shape index (κ2) is 12.0. The Morgan fingerprint density at radius 2 is 1.35 bits per heavy atom. The van der Waals surface area contributed by atoms with Crippen molar-refractivity contribution in [2.75, 3.05) is 21.3 Å². The Kier molecular flexibility index (Phi) is 8.78. The number of rotatable bonds is 10. The van der Waals surface area contributed by atoms with E-state index in [1.165, 1.54) is 20.1 Å². The van der Waals surface area contributed by atoms with Crippen molar-refractivity contribution in [3.63, 3.8) is 0 Å². The normalized spacial score (nSPS) is 12.4. The van der Waals surface area contributed by atoms with Crippen molar-refractivity contribution < 1.29 is 43.6 Å². The third-order valence-electron chi connectivity index (χ3n) is 5.91. The molecule has 3 aromatic rings. The lowest BCUT2D eigenvalue weighted by Gasteiger charge is -2.26. The molecule has 0 bridgehead atoms. The average molecular weight is 512 g/mol. The molecule has 1 aromatic heterocycles. The van der Waals surface area contributed by atoms with Crippen LogP contribution in [0.5, 0.6) is 23.0 Å². The van der Waals surface area contributed by atoms with Crippen LogP contribution in [0.25, 0.3) is 0 Å². The van der Waals surface area contributed by atoms with E-state index in [0.29, 0.717) is 16.2 Å². The van der Waals surface area contributed by atoms with Gasteiger partial charge in [0.25, 0.3) is 0 Å². The highest BCUT2D eigenvalue weighted by Crippen LogP contribution is 2.32. The van der Waals surface area contributed by atoms with E-state index in [4.69, 9.17) is 18.9 Å². The molecule has 0 aliphatic rings. The highest BCUT2D eigenvalue weighted by atomic mass is 16.5. The van der Waals surface area contributed by atoms with Crippen LogP contribution in [-0.4, -0.2) is 55.7 Å². The number of ether oxygens (including phenoxy) is 4. The van der Waals surface area contributed by atoms with Gasteiger partial charge < -0.3 is 29.4 Å². The molecule has 0 radical (unpaired) electrons. The van der Waals surface area contributed by atoms with E-state index < -0.39 is 35.5 Å². The largest absolute Gasteiger partial charge is 0.499 e. The maximum absolute atomic E-state index is 12.9. The lowest BCUT2D eigenvalue weighted by Crippen LogP contribution is -2.47. The summed E-state index contributed by atoms with van der Waals surface area (Å²) in [5.74, 6) is -1.11. The van der Waals surface area contributed by atoms with Gasteiger partial charge in [0.1, 0.15) is 23.6 Å². The van der Waals surface area contributed by atoms with Gasteiger partial charge in [-0.3, -0.25) is 10.0 Å². The summed E-state index contributed by atoms with van der Waals surface area (Å²) in [7, 11) is 4.47. The molecule has 0 fully saturated rings. The van der Waals surface area contributed by atoms with E-state index in [-0.39, 0.29) is 11.7 Å². The van der Waals surface area contributed by atoms with Gasteiger partial charge in [0.15, 0.2) is 5.75 Å². The predicted molar refractivity (Wildman–Crippen MR) is 132 cm³/mol. The molecular formula is C27H31N2O8+. The molecule has 0 saturated carbocycles. The number of hydrogen-bond donors (Lipinski definition) is 3. The van der Waals surface area contributed by atoms with E-state index in [2.05, 4.69) is 5.32 Å². The number of hydrogen-bond acceptors (Lipinski definition) is 8. The molecule has 196 valence electrons. The maximum Gasteiger partial charge on any atom is 0.366 e. The average Bonchev–Trinajstić information content (AvgIpc) is 2.89. The molecule has 1 heterocycles. The molecule has 37 heavy (non-hydrogen) atoms. The number of aromatic nitrogens is 1. The van der Waals surface area contributed by atoms with Crippen molar-refractivity contribution in [3.8, 4) is 23.0 Å². The fourth-order valence-electron chi connectivity index (χ4n) is 3.93. The van der Waals surface area contributed by atoms with Crippen LogP contribution >= 0.6 is 0 Å². The summed E-state index contributed by atoms with van der Waals surface area (Å²) in [6.45, 7) is 3.21. The third-order valence-corrected chi connectivity index (χ3v) is 5.91. The Morgan fingerprint density at radius 1 is 0.838 bits per heavy atom. The monoisotopic (exact) mass is 511 g/mol. The van der Waals surface area contributed by atoms with Crippen LogP contribution < -0.4 is 24.3 Å². The molecule has 0 aliphatic heterocycles. The molecule has 3 N–H and O–H groups in total. The van der Waals surface area contributed by atoms with Crippen molar-refractivity contribution in [1.82, 2.24) is 5.32 Å².